The van der Waals surface area contributed by atoms with E-state index in [1.165, 1.54) is 0 Å². The summed E-state index contributed by atoms with van der Waals surface area (Å²) in [6, 6.07) is 2.81. The minimum absolute atomic E-state index is 0.0462. The van der Waals surface area contributed by atoms with Gasteiger partial charge in [0, 0.05) is 63.8 Å². The molecular formula is C26H38N4O3S. The number of hydrogen-bond donors (Lipinski definition) is 2. The molecule has 0 atom stereocenters. The van der Waals surface area contributed by atoms with Crippen LogP contribution in [0.25, 0.3) is 0 Å². The second kappa shape index (κ2) is 15.3. The van der Waals surface area contributed by atoms with Gasteiger partial charge in [0.05, 0.1) is 5.56 Å². The van der Waals surface area contributed by atoms with Crippen molar-refractivity contribution in [3.05, 3.63) is 46.7 Å². The number of carbonyl (C=O) groups is 2. The second-order valence-corrected chi connectivity index (χ2v) is 9.10. The molecule has 0 bridgehead atoms. The molecule has 0 spiro atoms. The molecule has 4 rings (SSSR count). The Balaban J connectivity index is 0.000000970. The number of carbonyl (C=O) groups excluding carboxylic acids is 2. The normalized spacial score (nSPS) is 22.3. The van der Waals surface area contributed by atoms with Gasteiger partial charge in [0.15, 0.2) is 0 Å². The summed E-state index contributed by atoms with van der Waals surface area (Å²) >= 11 is 1.58. The number of aliphatic hydroxyl groups is 1. The average Bonchev–Trinajstić information content (AvgIpc) is 3.45. The van der Waals surface area contributed by atoms with E-state index in [4.69, 9.17) is 5.11 Å². The predicted octanol–water partition coefficient (Wildman–Crippen LogP) is 3.20. The van der Waals surface area contributed by atoms with E-state index >= 15 is 0 Å². The van der Waals surface area contributed by atoms with Crippen LogP contribution in [0.4, 0.5) is 4.79 Å². The van der Waals surface area contributed by atoms with Gasteiger partial charge in [-0.2, -0.15) is 11.3 Å². The molecule has 2 N–H and O–H groups in total. The van der Waals surface area contributed by atoms with Gasteiger partial charge in [-0.25, -0.2) is 4.79 Å². The maximum absolute atomic E-state index is 12.6. The van der Waals surface area contributed by atoms with Crippen LogP contribution in [0.3, 0.4) is 0 Å². The number of nitrogens with one attached hydrogen (secondary N) is 1. The fourth-order valence-electron chi connectivity index (χ4n) is 4.75. The van der Waals surface area contributed by atoms with E-state index in [0.29, 0.717) is 25.2 Å². The molecule has 1 aromatic rings. The van der Waals surface area contributed by atoms with Gasteiger partial charge in [0.1, 0.15) is 0 Å². The number of thiophene rings is 1. The van der Waals surface area contributed by atoms with E-state index in [1.54, 1.807) is 11.3 Å². The van der Waals surface area contributed by atoms with Crippen molar-refractivity contribution in [2.75, 3.05) is 46.4 Å². The highest BCUT2D eigenvalue weighted by Crippen LogP contribution is 2.24. The Morgan fingerprint density at radius 2 is 1.65 bits per heavy atom. The monoisotopic (exact) mass is 486 g/mol. The smallest absolute Gasteiger partial charge is 0.318 e. The molecule has 0 unspecified atom stereocenters. The molecule has 3 amide bonds. The Kier molecular flexibility index (Phi) is 12.5. The van der Waals surface area contributed by atoms with Crippen molar-refractivity contribution in [3.63, 3.8) is 0 Å². The third-order valence-corrected chi connectivity index (χ3v) is 7.20. The van der Waals surface area contributed by atoms with E-state index in [0.717, 1.165) is 71.0 Å². The Morgan fingerprint density at radius 3 is 2.29 bits per heavy atom. The van der Waals surface area contributed by atoms with E-state index in [-0.39, 0.29) is 11.9 Å². The van der Waals surface area contributed by atoms with Gasteiger partial charge in [-0.15, -0.1) is 12.8 Å². The number of amides is 3. The molecular weight excluding hydrogens is 448 g/mol. The number of allylic oxidation sites excluding steroid dienone is 2. The molecule has 0 radical (unpaired) electrons. The third kappa shape index (κ3) is 7.73. The SMILES string of the molecule is C#C.CO.O=C(c1ccsc1)N1CCC(N2CCC(N3C/C=C\C/C=C\CNC3=O)CC2)CC1. The highest BCUT2D eigenvalue weighted by Gasteiger charge is 2.32. The average molecular weight is 487 g/mol. The van der Waals surface area contributed by atoms with Crippen LogP contribution in [0.2, 0.25) is 0 Å². The van der Waals surface area contributed by atoms with Gasteiger partial charge in [-0.05, 0) is 43.6 Å². The molecule has 3 aliphatic heterocycles. The van der Waals surface area contributed by atoms with Gasteiger partial charge in [-0.1, -0.05) is 24.3 Å². The zero-order valence-electron chi connectivity index (χ0n) is 20.1. The van der Waals surface area contributed by atoms with E-state index < -0.39 is 0 Å². The number of terminal acetylenes is 1. The van der Waals surface area contributed by atoms with Crippen molar-refractivity contribution in [1.29, 1.82) is 0 Å². The third-order valence-electron chi connectivity index (χ3n) is 6.52. The number of hydrogen-bond acceptors (Lipinski definition) is 5. The molecule has 0 saturated carbocycles. The standard InChI is InChI=1S/C23H32N4O2S.C2H2.CH4O/c28-22(19-10-17-30-18-19)26-15-6-20(7-16-26)25-13-8-21(9-14-25)27-12-5-3-1-2-4-11-24-23(27)29;2*1-2/h2-5,10,17-18,20-21H,1,6-9,11-16H2,(H,24,29);1-2H;2H,1H3/b4-2-,5-3-;;. The molecule has 8 heteroatoms. The summed E-state index contributed by atoms with van der Waals surface area (Å²) in [7, 11) is 1.00. The van der Waals surface area contributed by atoms with Gasteiger partial charge in [-0.3, -0.25) is 4.79 Å². The first-order valence-corrected chi connectivity index (χ1v) is 12.8. The molecule has 1 aromatic heterocycles. The fourth-order valence-corrected chi connectivity index (χ4v) is 5.38. The van der Waals surface area contributed by atoms with E-state index in [9.17, 15) is 9.59 Å². The zero-order chi connectivity index (χ0) is 24.8. The van der Waals surface area contributed by atoms with Crippen molar-refractivity contribution in [1.82, 2.24) is 20.0 Å². The van der Waals surface area contributed by atoms with Gasteiger partial charge in [0.2, 0.25) is 0 Å². The predicted molar refractivity (Wildman–Crippen MR) is 139 cm³/mol. The molecule has 186 valence electrons. The summed E-state index contributed by atoms with van der Waals surface area (Å²) in [5.74, 6) is 0.172. The zero-order valence-corrected chi connectivity index (χ0v) is 21.0. The first-order chi connectivity index (χ1) is 16.7. The number of aliphatic hydroxyl groups excluding tert-OH is 1. The van der Waals surface area contributed by atoms with Crippen molar-refractivity contribution in [3.8, 4) is 12.8 Å². The Bertz CT molecular complexity index is 805. The van der Waals surface area contributed by atoms with Crippen LogP contribution in [-0.4, -0.2) is 90.2 Å². The number of urea groups is 1. The van der Waals surface area contributed by atoms with Gasteiger partial charge < -0.3 is 25.1 Å². The number of rotatable bonds is 3. The summed E-state index contributed by atoms with van der Waals surface area (Å²) in [6.07, 6.45) is 21.4. The van der Waals surface area contributed by atoms with Crippen molar-refractivity contribution < 1.29 is 14.7 Å². The van der Waals surface area contributed by atoms with Crippen LogP contribution in [0.5, 0.6) is 0 Å². The van der Waals surface area contributed by atoms with E-state index in [1.807, 2.05) is 32.7 Å². The Labute approximate surface area is 208 Å². The summed E-state index contributed by atoms with van der Waals surface area (Å²) in [5, 5.41) is 13.9. The summed E-state index contributed by atoms with van der Waals surface area (Å²) in [6.45, 7) is 5.03. The first kappa shape index (κ1) is 27.6. The maximum Gasteiger partial charge on any atom is 0.318 e. The lowest BCUT2D eigenvalue weighted by Gasteiger charge is -2.43. The largest absolute Gasteiger partial charge is 0.400 e. The number of likely N-dealkylation sites (tertiary alicyclic amines) is 2. The van der Waals surface area contributed by atoms with Crippen LogP contribution in [-0.2, 0) is 0 Å². The Morgan fingerprint density at radius 1 is 1.00 bits per heavy atom. The van der Waals surface area contributed by atoms with Crippen molar-refractivity contribution >= 4 is 23.3 Å². The highest BCUT2D eigenvalue weighted by atomic mass is 32.1. The number of piperidine rings is 2. The summed E-state index contributed by atoms with van der Waals surface area (Å²) in [5.41, 5.74) is 0.821. The molecule has 7 nitrogen and oxygen atoms in total. The van der Waals surface area contributed by atoms with Crippen LogP contribution in [0.1, 0.15) is 42.5 Å². The number of nitrogens with zero attached hydrogens (tertiary/aromatic N) is 3. The molecule has 3 aliphatic rings. The first-order valence-electron chi connectivity index (χ1n) is 11.9. The lowest BCUT2D eigenvalue weighted by atomic mass is 9.96. The molecule has 2 fully saturated rings. The molecule has 0 aromatic carbocycles. The summed E-state index contributed by atoms with van der Waals surface area (Å²) < 4.78 is 0. The molecule has 2 saturated heterocycles. The van der Waals surface area contributed by atoms with E-state index in [2.05, 4.69) is 41.3 Å². The molecule has 4 heterocycles. The van der Waals surface area contributed by atoms with Crippen molar-refractivity contribution in [2.24, 2.45) is 0 Å². The topological polar surface area (TPSA) is 76.1 Å². The van der Waals surface area contributed by atoms with Gasteiger partial charge in [0.25, 0.3) is 5.91 Å². The Hall–Kier alpha value is -2.60. The fraction of sp³-hybridized carbons (Fsp3) is 0.538. The van der Waals surface area contributed by atoms with Crippen LogP contribution in [0, 0.1) is 12.8 Å². The molecule has 34 heavy (non-hydrogen) atoms. The van der Waals surface area contributed by atoms with Crippen LogP contribution < -0.4 is 5.32 Å². The minimum Gasteiger partial charge on any atom is -0.400 e. The van der Waals surface area contributed by atoms with Crippen LogP contribution >= 0.6 is 11.3 Å². The quantitative estimate of drug-likeness (QED) is 0.508. The molecule has 0 aliphatic carbocycles. The van der Waals surface area contributed by atoms with Crippen LogP contribution in [0.15, 0.2) is 41.1 Å². The van der Waals surface area contributed by atoms with Crippen molar-refractivity contribution in [2.45, 2.75) is 44.2 Å². The summed E-state index contributed by atoms with van der Waals surface area (Å²) in [4.78, 5) is 31.8. The van der Waals surface area contributed by atoms with Gasteiger partial charge >= 0.3 is 6.03 Å². The lowest BCUT2D eigenvalue weighted by molar-refractivity contribution is 0.0517. The maximum atomic E-state index is 12.6. The lowest BCUT2D eigenvalue weighted by Crippen LogP contribution is -2.54. The second-order valence-electron chi connectivity index (χ2n) is 8.32. The minimum atomic E-state index is 0.0462. The highest BCUT2D eigenvalue weighted by molar-refractivity contribution is 7.08.